The van der Waals surface area contributed by atoms with Crippen LogP contribution >= 0.6 is 0 Å². The highest BCUT2D eigenvalue weighted by Gasteiger charge is 2.47. The Morgan fingerprint density at radius 1 is 1.15 bits per heavy atom. The van der Waals surface area contributed by atoms with Gasteiger partial charge < -0.3 is 4.90 Å². The number of H-pyrrole nitrogens is 1. The second-order valence-corrected chi connectivity index (χ2v) is 8.50. The van der Waals surface area contributed by atoms with E-state index in [0.717, 1.165) is 57.6 Å². The van der Waals surface area contributed by atoms with Gasteiger partial charge in [-0.25, -0.2) is 0 Å². The molecule has 1 fully saturated rings. The molecule has 5 nitrogen and oxygen atoms in total. The summed E-state index contributed by atoms with van der Waals surface area (Å²) < 4.78 is 0. The lowest BCUT2D eigenvalue weighted by Crippen LogP contribution is -2.38. The van der Waals surface area contributed by atoms with E-state index in [2.05, 4.69) is 47.1 Å². The average molecular weight is 350 g/mol. The first kappa shape index (κ1) is 16.1. The van der Waals surface area contributed by atoms with Gasteiger partial charge in [-0.05, 0) is 37.4 Å². The number of rotatable bonds is 2. The molecule has 3 aliphatic rings. The summed E-state index contributed by atoms with van der Waals surface area (Å²) in [6.07, 6.45) is 3.86. The van der Waals surface area contributed by atoms with Crippen molar-refractivity contribution in [3.63, 3.8) is 0 Å². The van der Waals surface area contributed by atoms with E-state index in [-0.39, 0.29) is 5.41 Å². The number of nitrogens with zero attached hydrogens (tertiary/aromatic N) is 3. The smallest absolute Gasteiger partial charge is 0.228 e. The van der Waals surface area contributed by atoms with E-state index >= 15 is 0 Å². The zero-order valence-corrected chi connectivity index (χ0v) is 15.6. The molecule has 2 aliphatic heterocycles. The van der Waals surface area contributed by atoms with Gasteiger partial charge in [0.05, 0.1) is 5.69 Å². The number of aromatic amines is 1. The van der Waals surface area contributed by atoms with Crippen LogP contribution in [0.15, 0.2) is 18.2 Å². The van der Waals surface area contributed by atoms with Gasteiger partial charge >= 0.3 is 0 Å². The van der Waals surface area contributed by atoms with Gasteiger partial charge in [-0.3, -0.25) is 14.8 Å². The summed E-state index contributed by atoms with van der Waals surface area (Å²) in [4.78, 5) is 17.2. The Morgan fingerprint density at radius 2 is 1.96 bits per heavy atom. The molecule has 0 atom stereocenters. The molecule has 0 radical (unpaired) electrons. The number of hydrogen-bond donors (Lipinski definition) is 1. The van der Waals surface area contributed by atoms with Crippen LogP contribution in [-0.4, -0.2) is 46.0 Å². The highest BCUT2D eigenvalue weighted by atomic mass is 16.2. The summed E-state index contributed by atoms with van der Waals surface area (Å²) in [6, 6.07) is 6.58. The fourth-order valence-electron chi connectivity index (χ4n) is 4.50. The minimum absolute atomic E-state index is 0.0794. The van der Waals surface area contributed by atoms with Gasteiger partial charge in [0.1, 0.15) is 0 Å². The minimum atomic E-state index is -0.0794. The van der Waals surface area contributed by atoms with Crippen LogP contribution in [-0.2, 0) is 30.7 Å². The van der Waals surface area contributed by atoms with Crippen LogP contribution in [0.5, 0.6) is 0 Å². The van der Waals surface area contributed by atoms with Gasteiger partial charge in [0.25, 0.3) is 0 Å². The van der Waals surface area contributed by atoms with Crippen molar-refractivity contribution in [2.45, 2.75) is 45.7 Å². The summed E-state index contributed by atoms with van der Waals surface area (Å²) in [5, 5.41) is 7.98. The zero-order valence-electron chi connectivity index (χ0n) is 15.6. The molecule has 0 unspecified atom stereocenters. The van der Waals surface area contributed by atoms with Crippen molar-refractivity contribution < 1.29 is 4.79 Å². The summed E-state index contributed by atoms with van der Waals surface area (Å²) in [7, 11) is 2.16. The molecule has 1 saturated carbocycles. The first-order chi connectivity index (χ1) is 12.5. The largest absolute Gasteiger partial charge is 0.342 e. The highest BCUT2D eigenvalue weighted by molar-refractivity contribution is 5.85. The molecule has 1 aliphatic carbocycles. The van der Waals surface area contributed by atoms with Gasteiger partial charge in [-0.15, -0.1) is 0 Å². The topological polar surface area (TPSA) is 52.2 Å². The number of benzene rings is 1. The lowest BCUT2D eigenvalue weighted by atomic mass is 9.96. The summed E-state index contributed by atoms with van der Waals surface area (Å²) in [6.45, 7) is 5.71. The van der Waals surface area contributed by atoms with Crippen molar-refractivity contribution in [1.82, 2.24) is 20.0 Å². The summed E-state index contributed by atoms with van der Waals surface area (Å²) >= 11 is 0. The van der Waals surface area contributed by atoms with Crippen molar-refractivity contribution in [3.05, 3.63) is 40.6 Å². The Bertz CT molecular complexity index is 880. The van der Waals surface area contributed by atoms with Crippen LogP contribution in [0.25, 0.3) is 11.3 Å². The quantitative estimate of drug-likeness (QED) is 0.906. The van der Waals surface area contributed by atoms with E-state index in [1.807, 2.05) is 0 Å². The van der Waals surface area contributed by atoms with Crippen molar-refractivity contribution in [2.24, 2.45) is 5.41 Å². The van der Waals surface area contributed by atoms with Gasteiger partial charge in [-0.1, -0.05) is 25.1 Å². The maximum atomic E-state index is 12.7. The third-order valence-electron chi connectivity index (χ3n) is 6.42. The maximum Gasteiger partial charge on any atom is 0.228 e. The Balaban J connectivity index is 1.45. The van der Waals surface area contributed by atoms with E-state index in [4.69, 9.17) is 5.10 Å². The predicted molar refractivity (Wildman–Crippen MR) is 101 cm³/mol. The summed E-state index contributed by atoms with van der Waals surface area (Å²) in [5.41, 5.74) is 7.62. The monoisotopic (exact) mass is 350 g/mol. The van der Waals surface area contributed by atoms with Crippen LogP contribution < -0.4 is 0 Å². The second-order valence-electron chi connectivity index (χ2n) is 8.50. The van der Waals surface area contributed by atoms with Gasteiger partial charge in [-0.2, -0.15) is 5.10 Å². The first-order valence-corrected chi connectivity index (χ1v) is 9.70. The van der Waals surface area contributed by atoms with Gasteiger partial charge in [0.15, 0.2) is 0 Å². The van der Waals surface area contributed by atoms with Crippen molar-refractivity contribution in [2.75, 3.05) is 20.1 Å². The van der Waals surface area contributed by atoms with E-state index in [0.29, 0.717) is 5.91 Å². The second kappa shape index (κ2) is 5.68. The number of amides is 1. The SMILES string of the molecule is CN1Cc2cccc(-c3n[nH]c4c3CCN(C(=O)C3(C)CC3)CC4)c2C1. The molecule has 1 aromatic carbocycles. The maximum absolute atomic E-state index is 12.7. The summed E-state index contributed by atoms with van der Waals surface area (Å²) in [5.74, 6) is 0.347. The van der Waals surface area contributed by atoms with Crippen LogP contribution in [0.4, 0.5) is 0 Å². The Hall–Kier alpha value is -2.14. The lowest BCUT2D eigenvalue weighted by Gasteiger charge is -2.23. The lowest BCUT2D eigenvalue weighted by molar-refractivity contribution is -0.136. The number of aromatic nitrogens is 2. The molecule has 0 bridgehead atoms. The van der Waals surface area contributed by atoms with E-state index in [1.165, 1.54) is 27.9 Å². The van der Waals surface area contributed by atoms with Crippen LogP contribution in [0.1, 0.15) is 42.1 Å². The minimum Gasteiger partial charge on any atom is -0.342 e. The molecule has 5 rings (SSSR count). The number of carbonyl (C=O) groups is 1. The molecule has 1 amide bonds. The van der Waals surface area contributed by atoms with Gasteiger partial charge in [0.2, 0.25) is 5.91 Å². The molecule has 0 spiro atoms. The molecule has 1 N–H and O–H groups in total. The first-order valence-electron chi connectivity index (χ1n) is 9.70. The Kier molecular flexibility index (Phi) is 3.51. The van der Waals surface area contributed by atoms with Crippen LogP contribution in [0, 0.1) is 5.41 Å². The van der Waals surface area contributed by atoms with Crippen molar-refractivity contribution in [1.29, 1.82) is 0 Å². The van der Waals surface area contributed by atoms with E-state index in [1.54, 1.807) is 0 Å². The fraction of sp³-hybridized carbons (Fsp3) is 0.524. The Labute approximate surface area is 154 Å². The molecule has 3 heterocycles. The number of fused-ring (bicyclic) bond motifs is 2. The normalized spacial score (nSPS) is 21.2. The molecule has 136 valence electrons. The molecule has 5 heteroatoms. The van der Waals surface area contributed by atoms with Crippen LogP contribution in [0.2, 0.25) is 0 Å². The van der Waals surface area contributed by atoms with Gasteiger partial charge in [0, 0.05) is 54.8 Å². The fourth-order valence-corrected chi connectivity index (χ4v) is 4.50. The van der Waals surface area contributed by atoms with E-state index in [9.17, 15) is 4.79 Å². The molecule has 2 aromatic rings. The number of carbonyl (C=O) groups excluding carboxylic acids is 1. The highest BCUT2D eigenvalue weighted by Crippen LogP contribution is 2.46. The standard InChI is InChI=1S/C21H26N4O/c1-21(8-9-21)20(26)25-10-6-16-18(7-11-25)22-23-19(16)15-5-3-4-14-12-24(2)13-17(14)15/h3-5H,6-13H2,1-2H3,(H,22,23). The van der Waals surface area contributed by atoms with Crippen LogP contribution in [0.3, 0.4) is 0 Å². The average Bonchev–Trinajstić information content (AvgIpc) is 3.16. The molecule has 26 heavy (non-hydrogen) atoms. The predicted octanol–water partition coefficient (Wildman–Crippen LogP) is 2.75. The molecular weight excluding hydrogens is 324 g/mol. The third-order valence-corrected chi connectivity index (χ3v) is 6.42. The molecule has 1 aromatic heterocycles. The Morgan fingerprint density at radius 3 is 2.77 bits per heavy atom. The zero-order chi connectivity index (χ0) is 17.9. The third kappa shape index (κ3) is 2.49. The van der Waals surface area contributed by atoms with Crippen molar-refractivity contribution >= 4 is 5.91 Å². The molecular formula is C21H26N4O. The number of nitrogens with one attached hydrogen (secondary N) is 1. The molecule has 0 saturated heterocycles. The van der Waals surface area contributed by atoms with Crippen molar-refractivity contribution in [3.8, 4) is 11.3 Å². The van der Waals surface area contributed by atoms with E-state index < -0.39 is 0 Å². The number of hydrogen-bond acceptors (Lipinski definition) is 3.